The van der Waals surface area contributed by atoms with Crippen molar-refractivity contribution in [1.82, 2.24) is 25.0 Å². The summed E-state index contributed by atoms with van der Waals surface area (Å²) in [5, 5.41) is 7.70. The van der Waals surface area contributed by atoms with Gasteiger partial charge in [-0.3, -0.25) is 19.3 Å². The van der Waals surface area contributed by atoms with Crippen molar-refractivity contribution in [3.8, 4) is 0 Å². The number of fused-ring (bicyclic) bond motifs is 2. The third kappa shape index (κ3) is 4.30. The zero-order valence-electron chi connectivity index (χ0n) is 21.1. The number of benzene rings is 1. The predicted molar refractivity (Wildman–Crippen MR) is 135 cm³/mol. The Morgan fingerprint density at radius 1 is 1.11 bits per heavy atom. The lowest BCUT2D eigenvalue weighted by molar-refractivity contribution is -0.134. The molecule has 2 amide bonds. The first-order valence-electron chi connectivity index (χ1n) is 12.5. The van der Waals surface area contributed by atoms with Gasteiger partial charge in [0.05, 0.1) is 17.8 Å². The maximum Gasteiger partial charge on any atom is 0.251 e. The number of piperidine rings is 1. The fourth-order valence-corrected chi connectivity index (χ4v) is 6.07. The lowest BCUT2D eigenvalue weighted by atomic mass is 9.71. The quantitative estimate of drug-likeness (QED) is 0.576. The van der Waals surface area contributed by atoms with E-state index in [1.54, 1.807) is 31.6 Å². The second-order valence-electron chi connectivity index (χ2n) is 9.87. The average molecular weight is 488 g/mol. The van der Waals surface area contributed by atoms with Crippen molar-refractivity contribution in [3.63, 3.8) is 0 Å². The summed E-state index contributed by atoms with van der Waals surface area (Å²) in [6.45, 7) is 5.90. The lowest BCUT2D eigenvalue weighted by Crippen LogP contribution is -2.51. The van der Waals surface area contributed by atoms with Crippen molar-refractivity contribution in [2.24, 2.45) is 0 Å². The van der Waals surface area contributed by atoms with E-state index < -0.39 is 0 Å². The van der Waals surface area contributed by atoms with Crippen molar-refractivity contribution in [2.75, 3.05) is 20.2 Å². The largest absolute Gasteiger partial charge is 0.378 e. The Labute approximate surface area is 211 Å². The summed E-state index contributed by atoms with van der Waals surface area (Å²) >= 11 is 0. The fraction of sp³-hybridized carbons (Fsp3) is 0.429. The van der Waals surface area contributed by atoms with Crippen molar-refractivity contribution >= 4 is 11.8 Å². The number of aryl methyl sites for hydroxylation is 3. The number of likely N-dealkylation sites (tertiary alicyclic amines) is 1. The first-order chi connectivity index (χ1) is 17.4. The molecule has 2 aliphatic rings. The molecule has 8 nitrogen and oxygen atoms in total. The molecule has 8 heteroatoms. The number of carbonyl (C=O) groups excluding carboxylic acids is 2. The molecule has 1 fully saturated rings. The first kappa shape index (κ1) is 24.2. The Morgan fingerprint density at radius 2 is 1.83 bits per heavy atom. The van der Waals surface area contributed by atoms with E-state index in [1.165, 1.54) is 5.56 Å². The minimum absolute atomic E-state index is 0.145. The maximum absolute atomic E-state index is 13.0. The van der Waals surface area contributed by atoms with Gasteiger partial charge in [-0.05, 0) is 56.0 Å². The number of hydrogen-bond acceptors (Lipinski definition) is 5. The third-order valence-electron chi connectivity index (χ3n) is 7.81. The van der Waals surface area contributed by atoms with Gasteiger partial charge in [-0.1, -0.05) is 24.3 Å². The summed E-state index contributed by atoms with van der Waals surface area (Å²) in [4.78, 5) is 32.1. The number of ether oxygens (including phenoxy) is 1. The highest BCUT2D eigenvalue weighted by Gasteiger charge is 2.54. The predicted octanol–water partition coefficient (Wildman–Crippen LogP) is 3.35. The van der Waals surface area contributed by atoms with Gasteiger partial charge in [-0.25, -0.2) is 0 Å². The monoisotopic (exact) mass is 487 g/mol. The Bertz CT molecular complexity index is 1250. The van der Waals surface area contributed by atoms with Gasteiger partial charge >= 0.3 is 0 Å². The molecule has 2 aromatic heterocycles. The maximum atomic E-state index is 13.0. The summed E-state index contributed by atoms with van der Waals surface area (Å²) in [5.74, 6) is 0.00765. The van der Waals surface area contributed by atoms with Gasteiger partial charge < -0.3 is 15.0 Å². The number of nitrogens with zero attached hydrogens (tertiary/aromatic N) is 4. The molecule has 5 rings (SSSR count). The molecule has 1 aromatic carbocycles. The summed E-state index contributed by atoms with van der Waals surface area (Å²) in [6, 6.07) is 13.5. The van der Waals surface area contributed by atoms with Crippen LogP contribution in [0.2, 0.25) is 0 Å². The molecular formula is C28H33N5O3. The van der Waals surface area contributed by atoms with E-state index in [9.17, 15) is 9.59 Å². The molecule has 0 unspecified atom stereocenters. The van der Waals surface area contributed by atoms with Crippen LogP contribution in [0.4, 0.5) is 0 Å². The highest BCUT2D eigenvalue weighted by atomic mass is 16.5. The standard InChI is InChI=1S/C28H33N5O3/c1-19-18-20(2)33(31-19)15-10-24(34)32-16-11-28(12-17-32)23-7-5-4-6-22(23)25(26(28)36-3)30-27(35)21-8-13-29-14-9-21/h4-9,13-14,18,25-26H,10-12,15-17H2,1-3H3,(H,30,35)/t25-,26+/m0/s1. The van der Waals surface area contributed by atoms with Gasteiger partial charge in [0.15, 0.2) is 0 Å². The topological polar surface area (TPSA) is 89.4 Å². The second-order valence-corrected chi connectivity index (χ2v) is 9.87. The van der Waals surface area contributed by atoms with Gasteiger partial charge in [-0.2, -0.15) is 5.10 Å². The zero-order valence-corrected chi connectivity index (χ0v) is 21.1. The molecular weight excluding hydrogens is 454 g/mol. The number of nitrogens with one attached hydrogen (secondary N) is 1. The number of hydrogen-bond donors (Lipinski definition) is 1. The van der Waals surface area contributed by atoms with E-state index in [1.807, 2.05) is 41.6 Å². The van der Waals surface area contributed by atoms with E-state index in [0.717, 1.165) is 29.8 Å². The Kier molecular flexibility index (Phi) is 6.62. The van der Waals surface area contributed by atoms with Gasteiger partial charge in [0.25, 0.3) is 5.91 Å². The summed E-state index contributed by atoms with van der Waals surface area (Å²) in [7, 11) is 1.72. The van der Waals surface area contributed by atoms with Crippen molar-refractivity contribution in [2.45, 2.75) is 57.2 Å². The van der Waals surface area contributed by atoms with Crippen LogP contribution in [0.5, 0.6) is 0 Å². The number of carbonyl (C=O) groups is 2. The van der Waals surface area contributed by atoms with Crippen molar-refractivity contribution in [3.05, 3.63) is 82.9 Å². The second kappa shape index (κ2) is 9.85. The first-order valence-corrected chi connectivity index (χ1v) is 12.5. The van der Waals surface area contributed by atoms with E-state index >= 15 is 0 Å². The van der Waals surface area contributed by atoms with Gasteiger partial charge in [-0.15, -0.1) is 0 Å². The fourth-order valence-electron chi connectivity index (χ4n) is 6.07. The number of pyridine rings is 1. The smallest absolute Gasteiger partial charge is 0.251 e. The number of methoxy groups -OCH3 is 1. The van der Waals surface area contributed by atoms with Gasteiger partial charge in [0.1, 0.15) is 0 Å². The summed E-state index contributed by atoms with van der Waals surface area (Å²) in [6.07, 6.45) is 5.03. The molecule has 0 radical (unpaired) electrons. The molecule has 3 heterocycles. The Hall–Kier alpha value is -3.52. The van der Waals surface area contributed by atoms with Crippen molar-refractivity contribution in [1.29, 1.82) is 0 Å². The molecule has 1 spiro atoms. The number of rotatable bonds is 6. The Balaban J connectivity index is 1.31. The molecule has 3 aromatic rings. The van der Waals surface area contributed by atoms with E-state index in [2.05, 4.69) is 27.5 Å². The summed E-state index contributed by atoms with van der Waals surface area (Å²) < 4.78 is 8.02. The van der Waals surface area contributed by atoms with Gasteiger partial charge in [0, 0.05) is 62.2 Å². The van der Waals surface area contributed by atoms with Crippen molar-refractivity contribution < 1.29 is 14.3 Å². The van der Waals surface area contributed by atoms with Crippen LogP contribution >= 0.6 is 0 Å². The van der Waals surface area contributed by atoms with Crippen LogP contribution in [0, 0.1) is 13.8 Å². The van der Waals surface area contributed by atoms with Crippen LogP contribution in [-0.2, 0) is 21.5 Å². The van der Waals surface area contributed by atoms with Crippen LogP contribution in [0.15, 0.2) is 54.9 Å². The highest BCUT2D eigenvalue weighted by Crippen LogP contribution is 2.52. The molecule has 188 valence electrons. The third-order valence-corrected chi connectivity index (χ3v) is 7.81. The normalized spacial score (nSPS) is 20.4. The minimum Gasteiger partial charge on any atom is -0.378 e. The summed E-state index contributed by atoms with van der Waals surface area (Å²) in [5.41, 5.74) is 4.66. The van der Waals surface area contributed by atoms with Crippen LogP contribution in [0.1, 0.15) is 58.2 Å². The van der Waals surface area contributed by atoms with E-state index in [4.69, 9.17) is 4.74 Å². The van der Waals surface area contributed by atoms with Crippen LogP contribution in [0.25, 0.3) is 0 Å². The number of amides is 2. The zero-order chi connectivity index (χ0) is 25.3. The van der Waals surface area contributed by atoms with E-state index in [0.29, 0.717) is 31.6 Å². The van der Waals surface area contributed by atoms with Crippen LogP contribution in [0.3, 0.4) is 0 Å². The molecule has 0 saturated carbocycles. The minimum atomic E-state index is -0.264. The molecule has 1 aliphatic carbocycles. The molecule has 1 N–H and O–H groups in total. The van der Waals surface area contributed by atoms with Gasteiger partial charge in [0.2, 0.25) is 5.91 Å². The molecule has 0 bridgehead atoms. The molecule has 36 heavy (non-hydrogen) atoms. The average Bonchev–Trinajstić information content (AvgIpc) is 3.36. The van der Waals surface area contributed by atoms with E-state index in [-0.39, 0.29) is 29.4 Å². The SMILES string of the molecule is CO[C@@H]1[C@@H](NC(=O)c2ccncc2)c2ccccc2C12CCN(C(=O)CCn1nc(C)cc1C)CC2. The number of aromatic nitrogens is 3. The molecule has 1 saturated heterocycles. The lowest BCUT2D eigenvalue weighted by Gasteiger charge is -2.44. The van der Waals surface area contributed by atoms with Crippen LogP contribution in [-0.4, -0.2) is 57.8 Å². The van der Waals surface area contributed by atoms with Crippen LogP contribution < -0.4 is 5.32 Å². The molecule has 2 atom stereocenters. The Morgan fingerprint density at radius 3 is 2.50 bits per heavy atom. The molecule has 1 aliphatic heterocycles. The highest BCUT2D eigenvalue weighted by molar-refractivity contribution is 5.94.